The van der Waals surface area contributed by atoms with Crippen LogP contribution in [0.2, 0.25) is 0 Å². The van der Waals surface area contributed by atoms with Gasteiger partial charge < -0.3 is 5.32 Å². The zero-order valence-electron chi connectivity index (χ0n) is 10.6. The Morgan fingerprint density at radius 3 is 2.74 bits per heavy atom. The van der Waals surface area contributed by atoms with Crippen LogP contribution in [0.25, 0.3) is 0 Å². The molecule has 1 heterocycles. The number of nitrogens with one attached hydrogen (secondary N) is 1. The van der Waals surface area contributed by atoms with Crippen molar-refractivity contribution in [2.24, 2.45) is 0 Å². The van der Waals surface area contributed by atoms with E-state index in [9.17, 15) is 9.18 Å². The van der Waals surface area contributed by atoms with Crippen LogP contribution in [0.3, 0.4) is 0 Å². The molecule has 1 aromatic carbocycles. The molecular formula is C15H16FNOS. The van der Waals surface area contributed by atoms with Crippen LogP contribution in [0.5, 0.6) is 0 Å². The maximum atomic E-state index is 13.3. The predicted octanol–water partition coefficient (Wildman–Crippen LogP) is 4.24. The van der Waals surface area contributed by atoms with Gasteiger partial charge in [0.25, 0.3) is 0 Å². The molecule has 1 amide bonds. The minimum Gasteiger partial charge on any atom is -0.324 e. The number of hydrogen-bond acceptors (Lipinski definition) is 2. The van der Waals surface area contributed by atoms with Gasteiger partial charge in [-0.3, -0.25) is 4.79 Å². The molecule has 0 bridgehead atoms. The van der Waals surface area contributed by atoms with E-state index in [0.29, 0.717) is 6.42 Å². The van der Waals surface area contributed by atoms with Crippen molar-refractivity contribution >= 4 is 22.9 Å². The lowest BCUT2D eigenvalue weighted by atomic mass is 10.1. The van der Waals surface area contributed by atoms with E-state index in [2.05, 4.69) is 16.8 Å². The molecule has 4 heteroatoms. The Hall–Kier alpha value is -1.68. The summed E-state index contributed by atoms with van der Waals surface area (Å²) in [5.41, 5.74) is 0.255. The second-order valence-corrected chi connectivity index (χ2v) is 5.35. The van der Waals surface area contributed by atoms with Crippen molar-refractivity contribution in [3.63, 3.8) is 0 Å². The second-order valence-electron chi connectivity index (χ2n) is 4.31. The minimum atomic E-state index is -0.394. The summed E-state index contributed by atoms with van der Waals surface area (Å²) in [5, 5.41) is 4.65. The summed E-state index contributed by atoms with van der Waals surface area (Å²) in [7, 11) is 0. The van der Waals surface area contributed by atoms with Gasteiger partial charge in [0.15, 0.2) is 0 Å². The standard InChI is InChI=1S/C15H16FNOS/c16-13-8-2-3-9-14(13)17-15(18)10-4-1-6-12-7-5-11-19-12/h2-3,5,7-9,11H,1,4,6,10H2,(H,17,18). The van der Waals surface area contributed by atoms with Crippen LogP contribution >= 0.6 is 11.3 Å². The maximum Gasteiger partial charge on any atom is 0.224 e. The number of rotatable bonds is 6. The van der Waals surface area contributed by atoms with Crippen molar-refractivity contribution < 1.29 is 9.18 Å². The molecule has 0 aliphatic heterocycles. The number of anilines is 1. The molecule has 0 fully saturated rings. The van der Waals surface area contributed by atoms with Crippen LogP contribution in [0.4, 0.5) is 10.1 Å². The van der Waals surface area contributed by atoms with Crippen LogP contribution in [-0.4, -0.2) is 5.91 Å². The van der Waals surface area contributed by atoms with E-state index < -0.39 is 5.82 Å². The van der Waals surface area contributed by atoms with Gasteiger partial charge in [-0.2, -0.15) is 0 Å². The number of thiophene rings is 1. The van der Waals surface area contributed by atoms with Crippen molar-refractivity contribution in [3.8, 4) is 0 Å². The predicted molar refractivity (Wildman–Crippen MR) is 76.9 cm³/mol. The Morgan fingerprint density at radius 2 is 2.00 bits per heavy atom. The first-order valence-corrected chi connectivity index (χ1v) is 7.20. The third kappa shape index (κ3) is 4.48. The van der Waals surface area contributed by atoms with Crippen molar-refractivity contribution in [2.45, 2.75) is 25.7 Å². The zero-order chi connectivity index (χ0) is 13.5. The van der Waals surface area contributed by atoms with Gasteiger partial charge in [-0.05, 0) is 42.8 Å². The molecule has 0 aliphatic rings. The van der Waals surface area contributed by atoms with Crippen LogP contribution in [0, 0.1) is 5.82 Å². The average Bonchev–Trinajstić information content (AvgIpc) is 2.91. The molecule has 0 atom stereocenters. The average molecular weight is 277 g/mol. The van der Waals surface area contributed by atoms with Gasteiger partial charge in [0, 0.05) is 11.3 Å². The number of benzene rings is 1. The molecular weight excluding hydrogens is 261 g/mol. The van der Waals surface area contributed by atoms with E-state index >= 15 is 0 Å². The van der Waals surface area contributed by atoms with Gasteiger partial charge in [-0.25, -0.2) is 4.39 Å². The molecule has 0 spiro atoms. The molecule has 19 heavy (non-hydrogen) atoms. The monoisotopic (exact) mass is 277 g/mol. The molecule has 1 N–H and O–H groups in total. The first-order valence-electron chi connectivity index (χ1n) is 6.32. The summed E-state index contributed by atoms with van der Waals surface area (Å²) in [6, 6.07) is 10.3. The smallest absolute Gasteiger partial charge is 0.224 e. The van der Waals surface area contributed by atoms with Gasteiger partial charge in [-0.15, -0.1) is 11.3 Å². The highest BCUT2D eigenvalue weighted by Gasteiger charge is 2.05. The van der Waals surface area contributed by atoms with Crippen LogP contribution in [0.1, 0.15) is 24.1 Å². The van der Waals surface area contributed by atoms with E-state index in [1.807, 2.05) is 6.07 Å². The molecule has 2 nitrogen and oxygen atoms in total. The largest absolute Gasteiger partial charge is 0.324 e. The number of carbonyl (C=O) groups excluding carboxylic acids is 1. The number of hydrogen-bond donors (Lipinski definition) is 1. The van der Waals surface area contributed by atoms with Crippen LogP contribution in [0.15, 0.2) is 41.8 Å². The Morgan fingerprint density at radius 1 is 1.16 bits per heavy atom. The highest BCUT2D eigenvalue weighted by Crippen LogP contribution is 2.15. The van der Waals surface area contributed by atoms with Crippen molar-refractivity contribution in [2.75, 3.05) is 5.32 Å². The van der Waals surface area contributed by atoms with Gasteiger partial charge >= 0.3 is 0 Å². The molecule has 0 saturated heterocycles. The topological polar surface area (TPSA) is 29.1 Å². The molecule has 0 saturated carbocycles. The van der Waals surface area contributed by atoms with Gasteiger partial charge in [0.2, 0.25) is 5.91 Å². The van der Waals surface area contributed by atoms with E-state index in [4.69, 9.17) is 0 Å². The summed E-state index contributed by atoms with van der Waals surface area (Å²) in [6.45, 7) is 0. The SMILES string of the molecule is O=C(CCCCc1cccs1)Nc1ccccc1F. The number of unbranched alkanes of at least 4 members (excludes halogenated alkanes) is 1. The number of amides is 1. The van der Waals surface area contributed by atoms with Crippen LogP contribution in [-0.2, 0) is 11.2 Å². The molecule has 0 unspecified atom stereocenters. The zero-order valence-corrected chi connectivity index (χ0v) is 11.4. The Bertz CT molecular complexity index is 525. The van der Waals surface area contributed by atoms with E-state index in [1.54, 1.807) is 29.5 Å². The molecule has 0 radical (unpaired) electrons. The first kappa shape index (κ1) is 13.7. The molecule has 2 rings (SSSR count). The number of para-hydroxylation sites is 1. The molecule has 1 aromatic heterocycles. The normalized spacial score (nSPS) is 10.4. The Labute approximate surface area is 116 Å². The fourth-order valence-corrected chi connectivity index (χ4v) is 2.57. The van der Waals surface area contributed by atoms with E-state index in [1.165, 1.54) is 10.9 Å². The highest BCUT2D eigenvalue weighted by molar-refractivity contribution is 7.09. The highest BCUT2D eigenvalue weighted by atomic mass is 32.1. The van der Waals surface area contributed by atoms with Gasteiger partial charge in [-0.1, -0.05) is 18.2 Å². The lowest BCUT2D eigenvalue weighted by Gasteiger charge is -2.05. The molecule has 100 valence electrons. The Balaban J connectivity index is 1.69. The maximum absolute atomic E-state index is 13.3. The number of aryl methyl sites for hydroxylation is 1. The fraction of sp³-hybridized carbons (Fsp3) is 0.267. The summed E-state index contributed by atoms with van der Waals surface area (Å²) >= 11 is 1.74. The summed E-state index contributed by atoms with van der Waals surface area (Å²) in [4.78, 5) is 13.0. The quantitative estimate of drug-likeness (QED) is 0.786. The fourth-order valence-electron chi connectivity index (χ4n) is 1.81. The van der Waals surface area contributed by atoms with Crippen LogP contribution < -0.4 is 5.32 Å². The minimum absolute atomic E-state index is 0.128. The van der Waals surface area contributed by atoms with Crippen molar-refractivity contribution in [3.05, 3.63) is 52.5 Å². The van der Waals surface area contributed by atoms with Gasteiger partial charge in [0.1, 0.15) is 5.82 Å². The van der Waals surface area contributed by atoms with E-state index in [-0.39, 0.29) is 11.6 Å². The molecule has 0 aliphatic carbocycles. The second kappa shape index (κ2) is 7.04. The third-order valence-corrected chi connectivity index (χ3v) is 3.74. The molecule has 2 aromatic rings. The summed E-state index contributed by atoms with van der Waals surface area (Å²) < 4.78 is 13.3. The summed E-state index contributed by atoms with van der Waals surface area (Å²) in [5.74, 6) is -0.522. The Kier molecular flexibility index (Phi) is 5.10. The van der Waals surface area contributed by atoms with Gasteiger partial charge in [0.05, 0.1) is 5.69 Å². The number of halogens is 1. The lowest BCUT2D eigenvalue weighted by Crippen LogP contribution is -2.12. The summed E-state index contributed by atoms with van der Waals surface area (Å²) in [6.07, 6.45) is 3.23. The third-order valence-electron chi connectivity index (χ3n) is 2.81. The number of carbonyl (C=O) groups is 1. The lowest BCUT2D eigenvalue weighted by molar-refractivity contribution is -0.116. The van der Waals surface area contributed by atoms with Crippen molar-refractivity contribution in [1.82, 2.24) is 0 Å². The van der Waals surface area contributed by atoms with Crippen molar-refractivity contribution in [1.29, 1.82) is 0 Å². The van der Waals surface area contributed by atoms with E-state index in [0.717, 1.165) is 19.3 Å². The first-order chi connectivity index (χ1) is 9.25.